The topological polar surface area (TPSA) is 55.4 Å². The molecule has 1 N–H and O–H groups in total. The molecular formula is C12H13F2NO3. The first-order chi connectivity index (χ1) is 8.49. The van der Waals surface area contributed by atoms with Gasteiger partial charge < -0.3 is 10.1 Å². The third-order valence-corrected chi connectivity index (χ3v) is 2.40. The Labute approximate surface area is 103 Å². The number of hydrogen-bond acceptors (Lipinski definition) is 3. The molecule has 1 unspecified atom stereocenters. The number of halogens is 2. The van der Waals surface area contributed by atoms with Crippen LogP contribution in [0.25, 0.3) is 0 Å². The van der Waals surface area contributed by atoms with Gasteiger partial charge in [-0.2, -0.15) is 0 Å². The number of amides is 1. The molecule has 0 spiro atoms. The number of methoxy groups -OCH3 is 1. The fourth-order valence-electron chi connectivity index (χ4n) is 1.41. The second kappa shape index (κ2) is 6.09. The van der Waals surface area contributed by atoms with E-state index in [0.717, 1.165) is 19.2 Å². The standard InChI is InChI=1S/C12H13F2NO3/c1-3-8(12(17)18-2)11(16)15-10-5-4-7(13)6-9(10)14/h4-6,8H,3H2,1-2H3,(H,15,16). The molecule has 0 saturated carbocycles. The summed E-state index contributed by atoms with van der Waals surface area (Å²) in [5, 5.41) is 2.22. The van der Waals surface area contributed by atoms with Crippen LogP contribution < -0.4 is 5.32 Å². The van der Waals surface area contributed by atoms with Gasteiger partial charge in [0.05, 0.1) is 12.8 Å². The fourth-order valence-corrected chi connectivity index (χ4v) is 1.41. The summed E-state index contributed by atoms with van der Waals surface area (Å²) in [5.41, 5.74) is -0.177. The van der Waals surface area contributed by atoms with E-state index in [9.17, 15) is 18.4 Å². The number of esters is 1. The number of carbonyl (C=O) groups excluding carboxylic acids is 2. The first-order valence-electron chi connectivity index (χ1n) is 5.33. The van der Waals surface area contributed by atoms with Crippen LogP contribution in [0.4, 0.5) is 14.5 Å². The molecule has 0 aromatic heterocycles. The highest BCUT2D eigenvalue weighted by atomic mass is 19.1. The maximum absolute atomic E-state index is 13.3. The summed E-state index contributed by atoms with van der Waals surface area (Å²) in [4.78, 5) is 23.0. The van der Waals surface area contributed by atoms with E-state index in [4.69, 9.17) is 0 Å². The lowest BCUT2D eigenvalue weighted by Gasteiger charge is -2.13. The van der Waals surface area contributed by atoms with Gasteiger partial charge in [-0.05, 0) is 18.6 Å². The Balaban J connectivity index is 2.83. The van der Waals surface area contributed by atoms with Gasteiger partial charge in [-0.1, -0.05) is 6.92 Å². The van der Waals surface area contributed by atoms with E-state index in [2.05, 4.69) is 10.1 Å². The van der Waals surface area contributed by atoms with E-state index in [-0.39, 0.29) is 12.1 Å². The number of nitrogens with one attached hydrogen (secondary N) is 1. The van der Waals surface area contributed by atoms with Crippen molar-refractivity contribution in [3.05, 3.63) is 29.8 Å². The number of carbonyl (C=O) groups is 2. The van der Waals surface area contributed by atoms with E-state index in [0.29, 0.717) is 6.07 Å². The zero-order valence-electron chi connectivity index (χ0n) is 10.00. The Bertz CT molecular complexity index is 463. The van der Waals surface area contributed by atoms with Gasteiger partial charge in [0.1, 0.15) is 17.6 Å². The maximum atomic E-state index is 13.3. The van der Waals surface area contributed by atoms with Gasteiger partial charge in [0, 0.05) is 6.07 Å². The van der Waals surface area contributed by atoms with Crippen LogP contribution in [0.5, 0.6) is 0 Å². The van der Waals surface area contributed by atoms with Crippen LogP contribution in [0.15, 0.2) is 18.2 Å². The Kier molecular flexibility index (Phi) is 4.76. The van der Waals surface area contributed by atoms with Crippen molar-refractivity contribution in [2.24, 2.45) is 5.92 Å². The summed E-state index contributed by atoms with van der Waals surface area (Å²) in [6, 6.07) is 2.75. The Morgan fingerprint density at radius 1 is 1.39 bits per heavy atom. The highest BCUT2D eigenvalue weighted by molar-refractivity contribution is 6.04. The average molecular weight is 257 g/mol. The number of rotatable bonds is 4. The average Bonchev–Trinajstić information content (AvgIpc) is 2.33. The molecule has 0 aliphatic rings. The number of ether oxygens (including phenoxy) is 1. The minimum absolute atomic E-state index is 0.177. The lowest BCUT2D eigenvalue weighted by molar-refractivity contribution is -0.148. The molecule has 4 nitrogen and oxygen atoms in total. The van der Waals surface area contributed by atoms with Gasteiger partial charge in [-0.3, -0.25) is 9.59 Å². The monoisotopic (exact) mass is 257 g/mol. The van der Waals surface area contributed by atoms with Crippen molar-refractivity contribution in [1.82, 2.24) is 0 Å². The number of benzene rings is 1. The number of anilines is 1. The Morgan fingerprint density at radius 2 is 2.06 bits per heavy atom. The molecule has 0 heterocycles. The van der Waals surface area contributed by atoms with Crippen LogP contribution in [0.3, 0.4) is 0 Å². The van der Waals surface area contributed by atoms with E-state index in [1.54, 1.807) is 6.92 Å². The van der Waals surface area contributed by atoms with Crippen LogP contribution >= 0.6 is 0 Å². The molecule has 0 saturated heterocycles. The van der Waals surface area contributed by atoms with Crippen molar-refractivity contribution in [3.8, 4) is 0 Å². The highest BCUT2D eigenvalue weighted by Crippen LogP contribution is 2.17. The third-order valence-electron chi connectivity index (χ3n) is 2.40. The summed E-state index contributed by atoms with van der Waals surface area (Å²) in [5.74, 6) is -4.04. The lowest BCUT2D eigenvalue weighted by atomic mass is 10.1. The summed E-state index contributed by atoms with van der Waals surface area (Å²) >= 11 is 0. The summed E-state index contributed by atoms with van der Waals surface area (Å²) in [7, 11) is 1.16. The molecule has 0 fully saturated rings. The van der Waals surface area contributed by atoms with Crippen molar-refractivity contribution in [1.29, 1.82) is 0 Å². The van der Waals surface area contributed by atoms with Crippen molar-refractivity contribution < 1.29 is 23.1 Å². The van der Waals surface area contributed by atoms with Crippen LogP contribution in [0, 0.1) is 17.6 Å². The SMILES string of the molecule is CCC(C(=O)Nc1ccc(F)cc1F)C(=O)OC. The Hall–Kier alpha value is -1.98. The van der Waals surface area contributed by atoms with E-state index in [1.165, 1.54) is 0 Å². The van der Waals surface area contributed by atoms with Gasteiger partial charge in [0.2, 0.25) is 5.91 Å². The van der Waals surface area contributed by atoms with E-state index < -0.39 is 29.4 Å². The molecule has 1 aromatic carbocycles. The van der Waals surface area contributed by atoms with Crippen LogP contribution in [0.2, 0.25) is 0 Å². The Morgan fingerprint density at radius 3 is 2.56 bits per heavy atom. The van der Waals surface area contributed by atoms with E-state index >= 15 is 0 Å². The zero-order chi connectivity index (χ0) is 13.7. The first kappa shape index (κ1) is 14.1. The summed E-state index contributed by atoms with van der Waals surface area (Å²) < 4.78 is 30.4. The molecular weight excluding hydrogens is 244 g/mol. The summed E-state index contributed by atoms with van der Waals surface area (Å²) in [6.07, 6.45) is 0.224. The molecule has 1 rings (SSSR count). The predicted molar refractivity (Wildman–Crippen MR) is 60.8 cm³/mol. The molecule has 98 valence electrons. The van der Waals surface area contributed by atoms with Crippen LogP contribution in [-0.2, 0) is 14.3 Å². The van der Waals surface area contributed by atoms with Crippen molar-refractivity contribution in [2.45, 2.75) is 13.3 Å². The first-order valence-corrected chi connectivity index (χ1v) is 5.33. The smallest absolute Gasteiger partial charge is 0.318 e. The van der Waals surface area contributed by atoms with Gasteiger partial charge in [0.15, 0.2) is 0 Å². The molecule has 0 radical (unpaired) electrons. The second-order valence-corrected chi connectivity index (χ2v) is 3.60. The maximum Gasteiger partial charge on any atom is 0.318 e. The largest absolute Gasteiger partial charge is 0.468 e. The van der Waals surface area contributed by atoms with E-state index in [1.807, 2.05) is 0 Å². The van der Waals surface area contributed by atoms with Crippen molar-refractivity contribution in [3.63, 3.8) is 0 Å². The molecule has 18 heavy (non-hydrogen) atoms. The molecule has 1 atom stereocenters. The van der Waals surface area contributed by atoms with Crippen molar-refractivity contribution in [2.75, 3.05) is 12.4 Å². The zero-order valence-corrected chi connectivity index (χ0v) is 10.00. The summed E-state index contributed by atoms with van der Waals surface area (Å²) in [6.45, 7) is 1.63. The minimum Gasteiger partial charge on any atom is -0.468 e. The molecule has 1 amide bonds. The van der Waals surface area contributed by atoms with Gasteiger partial charge >= 0.3 is 5.97 Å². The normalized spacial score (nSPS) is 11.8. The molecule has 0 bridgehead atoms. The predicted octanol–water partition coefficient (Wildman–Crippen LogP) is 2.10. The molecule has 6 heteroatoms. The third kappa shape index (κ3) is 3.26. The van der Waals surface area contributed by atoms with Gasteiger partial charge in [-0.15, -0.1) is 0 Å². The lowest BCUT2D eigenvalue weighted by Crippen LogP contribution is -2.30. The fraction of sp³-hybridized carbons (Fsp3) is 0.333. The highest BCUT2D eigenvalue weighted by Gasteiger charge is 2.26. The molecule has 0 aliphatic heterocycles. The minimum atomic E-state index is -1.01. The van der Waals surface area contributed by atoms with Crippen LogP contribution in [0.1, 0.15) is 13.3 Å². The van der Waals surface area contributed by atoms with Gasteiger partial charge in [0.25, 0.3) is 0 Å². The second-order valence-electron chi connectivity index (χ2n) is 3.60. The van der Waals surface area contributed by atoms with Gasteiger partial charge in [-0.25, -0.2) is 8.78 Å². The van der Waals surface area contributed by atoms with Crippen molar-refractivity contribution >= 4 is 17.6 Å². The quantitative estimate of drug-likeness (QED) is 0.664. The molecule has 1 aromatic rings. The number of hydrogen-bond donors (Lipinski definition) is 1. The molecule has 0 aliphatic carbocycles. The van der Waals surface area contributed by atoms with Crippen LogP contribution in [-0.4, -0.2) is 19.0 Å².